The zero-order chi connectivity index (χ0) is 17.4. The van der Waals surface area contributed by atoms with Gasteiger partial charge in [-0.2, -0.15) is 0 Å². The molecule has 0 atom stereocenters. The Kier molecular flexibility index (Phi) is 4.11. The molecule has 130 valence electrons. The highest BCUT2D eigenvalue weighted by atomic mass is 19.1. The summed E-state index contributed by atoms with van der Waals surface area (Å²) in [5, 5.41) is 0. The number of piperazine rings is 1. The third-order valence-electron chi connectivity index (χ3n) is 4.77. The van der Waals surface area contributed by atoms with Crippen molar-refractivity contribution >= 4 is 11.7 Å². The van der Waals surface area contributed by atoms with E-state index in [1.165, 1.54) is 12.1 Å². The number of halogens is 1. The zero-order valence-electron chi connectivity index (χ0n) is 14.3. The summed E-state index contributed by atoms with van der Waals surface area (Å²) in [6.07, 6.45) is 2.09. The van der Waals surface area contributed by atoms with Gasteiger partial charge in [-0.05, 0) is 31.9 Å². The molecule has 2 fully saturated rings. The van der Waals surface area contributed by atoms with E-state index in [9.17, 15) is 9.18 Å². The Morgan fingerprint density at radius 3 is 2.56 bits per heavy atom. The van der Waals surface area contributed by atoms with Gasteiger partial charge in [0.25, 0.3) is 0 Å². The van der Waals surface area contributed by atoms with Crippen LogP contribution in [0.15, 0.2) is 30.3 Å². The fourth-order valence-corrected chi connectivity index (χ4v) is 3.22. The number of nitrogens with zero attached hydrogens (tertiary/aromatic N) is 4. The Morgan fingerprint density at radius 1 is 1.12 bits per heavy atom. The number of carbonyl (C=O) groups is 1. The number of aryl methyl sites for hydroxylation is 1. The number of hydrogen-bond donors (Lipinski definition) is 0. The molecule has 6 heteroatoms. The number of hydrogen-bond acceptors (Lipinski definition) is 4. The molecule has 1 amide bonds. The molecule has 1 aliphatic carbocycles. The lowest BCUT2D eigenvalue weighted by molar-refractivity contribution is -0.132. The molecule has 1 aromatic heterocycles. The van der Waals surface area contributed by atoms with Crippen LogP contribution in [0.1, 0.15) is 18.5 Å². The second kappa shape index (κ2) is 6.43. The summed E-state index contributed by atoms with van der Waals surface area (Å²) in [7, 11) is 0. The topological polar surface area (TPSA) is 49.3 Å². The Bertz CT molecular complexity index is 798. The molecule has 5 nitrogen and oxygen atoms in total. The molecule has 0 radical (unpaired) electrons. The molecule has 1 aliphatic heterocycles. The molecule has 1 saturated carbocycles. The summed E-state index contributed by atoms with van der Waals surface area (Å²) in [6, 6.07) is 8.29. The van der Waals surface area contributed by atoms with Gasteiger partial charge in [-0.15, -0.1) is 0 Å². The van der Waals surface area contributed by atoms with Gasteiger partial charge in [-0.1, -0.05) is 12.1 Å². The van der Waals surface area contributed by atoms with Crippen LogP contribution in [0.5, 0.6) is 0 Å². The lowest BCUT2D eigenvalue weighted by Gasteiger charge is -2.35. The van der Waals surface area contributed by atoms with Crippen LogP contribution >= 0.6 is 0 Å². The highest BCUT2D eigenvalue weighted by Crippen LogP contribution is 2.31. The minimum atomic E-state index is -0.295. The van der Waals surface area contributed by atoms with Crippen LogP contribution in [0.2, 0.25) is 0 Å². The summed E-state index contributed by atoms with van der Waals surface area (Å²) in [5.41, 5.74) is 1.52. The lowest BCUT2D eigenvalue weighted by Crippen LogP contribution is -2.49. The molecule has 25 heavy (non-hydrogen) atoms. The van der Waals surface area contributed by atoms with Crippen molar-refractivity contribution in [3.63, 3.8) is 0 Å². The molecule has 1 aromatic carbocycles. The molecule has 4 rings (SSSR count). The third-order valence-corrected chi connectivity index (χ3v) is 4.77. The van der Waals surface area contributed by atoms with Crippen molar-refractivity contribution in [2.24, 2.45) is 5.92 Å². The van der Waals surface area contributed by atoms with Crippen molar-refractivity contribution in [3.8, 4) is 11.4 Å². The number of amides is 1. The van der Waals surface area contributed by atoms with Gasteiger partial charge in [-0.3, -0.25) is 4.79 Å². The van der Waals surface area contributed by atoms with Crippen LogP contribution in [-0.4, -0.2) is 47.0 Å². The third kappa shape index (κ3) is 3.48. The summed E-state index contributed by atoms with van der Waals surface area (Å²) >= 11 is 0. The van der Waals surface area contributed by atoms with E-state index in [2.05, 4.69) is 14.9 Å². The molecule has 2 aliphatic rings. The predicted octanol–water partition coefficient (Wildman–Crippen LogP) is 2.65. The first-order chi connectivity index (χ1) is 12.1. The van der Waals surface area contributed by atoms with E-state index in [0.717, 1.165) is 50.5 Å². The van der Waals surface area contributed by atoms with Gasteiger partial charge < -0.3 is 9.80 Å². The van der Waals surface area contributed by atoms with Crippen LogP contribution in [0, 0.1) is 18.7 Å². The Morgan fingerprint density at radius 2 is 1.88 bits per heavy atom. The van der Waals surface area contributed by atoms with Crippen molar-refractivity contribution in [2.45, 2.75) is 19.8 Å². The van der Waals surface area contributed by atoms with Crippen molar-refractivity contribution in [2.75, 3.05) is 31.1 Å². The molecule has 2 aromatic rings. The molecule has 0 spiro atoms. The van der Waals surface area contributed by atoms with Crippen LogP contribution < -0.4 is 4.90 Å². The second-order valence-corrected chi connectivity index (χ2v) is 6.79. The van der Waals surface area contributed by atoms with E-state index >= 15 is 0 Å². The van der Waals surface area contributed by atoms with E-state index in [1.54, 1.807) is 6.07 Å². The Balaban J connectivity index is 1.52. The molecule has 0 unspecified atom stereocenters. The molecule has 2 heterocycles. The zero-order valence-corrected chi connectivity index (χ0v) is 14.3. The molecule has 0 bridgehead atoms. The molecule has 1 saturated heterocycles. The fourth-order valence-electron chi connectivity index (χ4n) is 3.22. The van der Waals surface area contributed by atoms with E-state index in [-0.39, 0.29) is 11.7 Å². The van der Waals surface area contributed by atoms with E-state index < -0.39 is 0 Å². The molecular weight excluding hydrogens is 319 g/mol. The SMILES string of the molecule is Cc1cc(N2CCN(C(=O)C3CC3)CC2)nc(-c2cccc(F)c2)n1. The first kappa shape index (κ1) is 16.0. The minimum Gasteiger partial charge on any atom is -0.353 e. The highest BCUT2D eigenvalue weighted by molar-refractivity contribution is 5.81. The average Bonchev–Trinajstić information content (AvgIpc) is 3.46. The van der Waals surface area contributed by atoms with Crippen LogP contribution in [0.4, 0.5) is 10.2 Å². The standard InChI is InChI=1S/C19H21FN4O/c1-13-11-17(22-18(21-13)15-3-2-4-16(20)12-15)23-7-9-24(10-8-23)19(25)14-5-6-14/h2-4,11-12,14H,5-10H2,1H3. The van der Waals surface area contributed by atoms with Gasteiger partial charge >= 0.3 is 0 Å². The molecule has 0 N–H and O–H groups in total. The van der Waals surface area contributed by atoms with E-state index in [4.69, 9.17) is 0 Å². The predicted molar refractivity (Wildman–Crippen MR) is 93.7 cm³/mol. The summed E-state index contributed by atoms with van der Waals surface area (Å²) in [5.74, 6) is 1.65. The Hall–Kier alpha value is -2.50. The average molecular weight is 340 g/mol. The maximum Gasteiger partial charge on any atom is 0.225 e. The number of rotatable bonds is 3. The van der Waals surface area contributed by atoms with Gasteiger partial charge in [0.2, 0.25) is 5.91 Å². The minimum absolute atomic E-state index is 0.271. The van der Waals surface area contributed by atoms with Gasteiger partial charge in [0.1, 0.15) is 11.6 Å². The molecular formula is C19H21FN4O. The summed E-state index contributed by atoms with van der Waals surface area (Å²) in [6.45, 7) is 4.90. The van der Waals surface area contributed by atoms with Gasteiger partial charge in [0.15, 0.2) is 5.82 Å². The van der Waals surface area contributed by atoms with Crippen molar-refractivity contribution in [1.82, 2.24) is 14.9 Å². The van der Waals surface area contributed by atoms with Crippen molar-refractivity contribution < 1.29 is 9.18 Å². The fraction of sp³-hybridized carbons (Fsp3) is 0.421. The normalized spacial score (nSPS) is 17.7. The maximum atomic E-state index is 13.5. The van der Waals surface area contributed by atoms with Crippen molar-refractivity contribution in [3.05, 3.63) is 41.8 Å². The lowest BCUT2D eigenvalue weighted by atomic mass is 10.2. The van der Waals surface area contributed by atoms with Gasteiger partial charge in [-0.25, -0.2) is 14.4 Å². The number of aromatic nitrogens is 2. The summed E-state index contributed by atoms with van der Waals surface area (Å²) < 4.78 is 13.5. The summed E-state index contributed by atoms with van der Waals surface area (Å²) in [4.78, 5) is 25.4. The maximum absolute atomic E-state index is 13.5. The number of carbonyl (C=O) groups excluding carboxylic acids is 1. The number of anilines is 1. The second-order valence-electron chi connectivity index (χ2n) is 6.79. The van der Waals surface area contributed by atoms with E-state index in [0.29, 0.717) is 17.3 Å². The van der Waals surface area contributed by atoms with Crippen LogP contribution in [-0.2, 0) is 4.79 Å². The van der Waals surface area contributed by atoms with Crippen LogP contribution in [0.3, 0.4) is 0 Å². The smallest absolute Gasteiger partial charge is 0.225 e. The largest absolute Gasteiger partial charge is 0.353 e. The van der Waals surface area contributed by atoms with Gasteiger partial charge in [0.05, 0.1) is 0 Å². The first-order valence-electron chi connectivity index (χ1n) is 8.75. The monoisotopic (exact) mass is 340 g/mol. The Labute approximate surface area is 146 Å². The van der Waals surface area contributed by atoms with E-state index in [1.807, 2.05) is 24.0 Å². The van der Waals surface area contributed by atoms with Crippen LogP contribution in [0.25, 0.3) is 11.4 Å². The first-order valence-corrected chi connectivity index (χ1v) is 8.75. The number of benzene rings is 1. The highest BCUT2D eigenvalue weighted by Gasteiger charge is 2.34. The van der Waals surface area contributed by atoms with Gasteiger partial charge in [0, 0.05) is 49.4 Å². The van der Waals surface area contributed by atoms with Crippen molar-refractivity contribution in [1.29, 1.82) is 0 Å². The quantitative estimate of drug-likeness (QED) is 0.862.